The van der Waals surface area contributed by atoms with E-state index in [1.165, 1.54) is 19.3 Å². The topological polar surface area (TPSA) is 38.0 Å². The summed E-state index contributed by atoms with van der Waals surface area (Å²) in [5, 5.41) is 0.775. The Morgan fingerprint density at radius 3 is 2.44 bits per heavy atom. The zero-order valence-electron chi connectivity index (χ0n) is 9.42. The van der Waals surface area contributed by atoms with Crippen molar-refractivity contribution in [2.45, 2.75) is 25.7 Å². The second-order valence-corrected chi connectivity index (χ2v) is 5.00. The highest BCUT2D eigenvalue weighted by Crippen LogP contribution is 2.17. The fourth-order valence-corrected chi connectivity index (χ4v) is 2.20. The van der Waals surface area contributed by atoms with E-state index in [2.05, 4.69) is 4.72 Å². The lowest BCUT2D eigenvalue weighted by Gasteiger charge is -2.05. The highest BCUT2D eigenvalue weighted by atomic mass is 35.5. The van der Waals surface area contributed by atoms with Gasteiger partial charge in [0.05, 0.1) is 0 Å². The average molecular weight is 259 g/mol. The Balaban J connectivity index is 2.01. The van der Waals surface area contributed by atoms with Crippen LogP contribution in [0.4, 0.5) is 5.69 Å². The number of hydrogen-bond donors (Lipinski definition) is 2. The second kappa shape index (κ2) is 8.74. The minimum atomic E-state index is 0.775. The van der Waals surface area contributed by atoms with Crippen LogP contribution in [0.25, 0.3) is 0 Å². The lowest BCUT2D eigenvalue weighted by atomic mass is 10.2. The Hall–Kier alpha value is -0.380. The fraction of sp³-hybridized carbons (Fsp3) is 0.500. The van der Waals surface area contributed by atoms with E-state index < -0.39 is 0 Å². The molecule has 4 heteroatoms. The summed E-state index contributed by atoms with van der Waals surface area (Å²) in [6, 6.07) is 7.77. The van der Waals surface area contributed by atoms with Crippen molar-refractivity contribution in [3.8, 4) is 0 Å². The predicted molar refractivity (Wildman–Crippen MR) is 75.1 cm³/mol. The van der Waals surface area contributed by atoms with Crippen LogP contribution in [0.3, 0.4) is 0 Å². The van der Waals surface area contributed by atoms with Gasteiger partial charge in [0.2, 0.25) is 0 Å². The first-order valence-corrected chi connectivity index (χ1v) is 7.02. The van der Waals surface area contributed by atoms with E-state index in [-0.39, 0.29) is 0 Å². The maximum atomic E-state index is 5.80. The van der Waals surface area contributed by atoms with Crippen LogP contribution in [-0.2, 0) is 0 Å². The first-order valence-electron chi connectivity index (χ1n) is 5.66. The van der Waals surface area contributed by atoms with Crippen molar-refractivity contribution in [1.82, 2.24) is 0 Å². The van der Waals surface area contributed by atoms with E-state index in [1.807, 2.05) is 24.3 Å². The molecule has 0 amide bonds. The molecular formula is C12H19ClN2S. The maximum absolute atomic E-state index is 5.80. The molecule has 0 saturated carbocycles. The third-order valence-electron chi connectivity index (χ3n) is 2.23. The molecule has 1 aromatic carbocycles. The predicted octanol–water partition coefficient (Wildman–Crippen LogP) is 3.92. The highest BCUT2D eigenvalue weighted by molar-refractivity contribution is 8.00. The van der Waals surface area contributed by atoms with Gasteiger partial charge in [-0.2, -0.15) is 0 Å². The lowest BCUT2D eigenvalue weighted by molar-refractivity contribution is 0.678. The van der Waals surface area contributed by atoms with Crippen molar-refractivity contribution in [3.05, 3.63) is 29.3 Å². The van der Waals surface area contributed by atoms with Crippen LogP contribution in [0.5, 0.6) is 0 Å². The smallest absolute Gasteiger partial charge is 0.0441 e. The first kappa shape index (κ1) is 13.7. The highest BCUT2D eigenvalue weighted by Gasteiger charge is 1.93. The maximum Gasteiger partial charge on any atom is 0.0441 e. The number of halogens is 1. The van der Waals surface area contributed by atoms with E-state index in [0.29, 0.717) is 0 Å². The average Bonchev–Trinajstić information content (AvgIpc) is 2.30. The molecule has 0 aliphatic heterocycles. The van der Waals surface area contributed by atoms with Crippen LogP contribution in [-0.4, -0.2) is 12.3 Å². The molecule has 0 atom stereocenters. The van der Waals surface area contributed by atoms with Crippen LogP contribution in [0.1, 0.15) is 25.7 Å². The van der Waals surface area contributed by atoms with Crippen LogP contribution in [0.2, 0.25) is 5.02 Å². The Morgan fingerprint density at radius 2 is 1.75 bits per heavy atom. The van der Waals surface area contributed by atoms with E-state index >= 15 is 0 Å². The van der Waals surface area contributed by atoms with Crippen molar-refractivity contribution in [1.29, 1.82) is 0 Å². The van der Waals surface area contributed by atoms with Crippen LogP contribution in [0.15, 0.2) is 24.3 Å². The standard InChI is InChI=1S/C12H19ClN2S/c13-11-5-7-12(8-6-11)15-16-10-4-2-1-3-9-14/h5-8,15H,1-4,9-10,14H2. The van der Waals surface area contributed by atoms with Gasteiger partial charge < -0.3 is 10.5 Å². The molecule has 0 saturated heterocycles. The fourth-order valence-electron chi connectivity index (χ4n) is 1.32. The summed E-state index contributed by atoms with van der Waals surface area (Å²) >= 11 is 7.55. The van der Waals surface area contributed by atoms with Gasteiger partial charge in [-0.1, -0.05) is 36.4 Å². The van der Waals surface area contributed by atoms with Crippen molar-refractivity contribution in [2.24, 2.45) is 5.73 Å². The molecule has 0 bridgehead atoms. The van der Waals surface area contributed by atoms with Crippen molar-refractivity contribution >= 4 is 29.2 Å². The molecule has 0 aromatic heterocycles. The van der Waals surface area contributed by atoms with Gasteiger partial charge in [0.15, 0.2) is 0 Å². The lowest BCUT2D eigenvalue weighted by Crippen LogP contribution is -1.98. The molecular weight excluding hydrogens is 240 g/mol. The second-order valence-electron chi connectivity index (χ2n) is 3.66. The third kappa shape index (κ3) is 6.26. The summed E-state index contributed by atoms with van der Waals surface area (Å²) in [4.78, 5) is 0. The minimum absolute atomic E-state index is 0.775. The van der Waals surface area contributed by atoms with E-state index in [9.17, 15) is 0 Å². The summed E-state index contributed by atoms with van der Waals surface area (Å²) in [6.07, 6.45) is 4.91. The van der Waals surface area contributed by atoms with Crippen molar-refractivity contribution in [2.75, 3.05) is 17.0 Å². The Morgan fingerprint density at radius 1 is 1.06 bits per heavy atom. The Bertz CT molecular complexity index is 277. The number of benzene rings is 1. The van der Waals surface area contributed by atoms with Crippen LogP contribution in [0, 0.1) is 0 Å². The molecule has 0 spiro atoms. The molecule has 0 fully saturated rings. The Kier molecular flexibility index (Phi) is 7.47. The molecule has 2 nitrogen and oxygen atoms in total. The van der Waals surface area contributed by atoms with Gasteiger partial charge in [0, 0.05) is 16.5 Å². The summed E-state index contributed by atoms with van der Waals surface area (Å²) in [5.74, 6) is 1.13. The number of nitrogens with one attached hydrogen (secondary N) is 1. The molecule has 0 heterocycles. The number of anilines is 1. The van der Waals surface area contributed by atoms with Gasteiger partial charge in [0.25, 0.3) is 0 Å². The van der Waals surface area contributed by atoms with Gasteiger partial charge in [-0.15, -0.1) is 0 Å². The molecule has 16 heavy (non-hydrogen) atoms. The number of unbranched alkanes of at least 4 members (excludes halogenated alkanes) is 3. The molecule has 1 aromatic rings. The molecule has 1 rings (SSSR count). The molecule has 0 aliphatic carbocycles. The Labute approximate surface area is 107 Å². The number of nitrogens with two attached hydrogens (primary N) is 1. The number of rotatable bonds is 8. The molecule has 90 valence electrons. The number of hydrogen-bond acceptors (Lipinski definition) is 3. The van der Waals surface area contributed by atoms with Crippen LogP contribution >= 0.6 is 23.5 Å². The summed E-state index contributed by atoms with van der Waals surface area (Å²) in [7, 11) is 0. The third-order valence-corrected chi connectivity index (χ3v) is 3.36. The first-order chi connectivity index (χ1) is 7.83. The SMILES string of the molecule is NCCCCCCSNc1ccc(Cl)cc1. The van der Waals surface area contributed by atoms with E-state index in [0.717, 1.165) is 29.4 Å². The van der Waals surface area contributed by atoms with E-state index in [4.69, 9.17) is 17.3 Å². The van der Waals surface area contributed by atoms with E-state index in [1.54, 1.807) is 11.9 Å². The van der Waals surface area contributed by atoms with Crippen molar-refractivity contribution < 1.29 is 0 Å². The molecule has 0 radical (unpaired) electrons. The molecule has 3 N–H and O–H groups in total. The normalized spacial score (nSPS) is 10.4. The molecule has 0 aliphatic rings. The van der Waals surface area contributed by atoms with Gasteiger partial charge in [-0.3, -0.25) is 0 Å². The summed E-state index contributed by atoms with van der Waals surface area (Å²) in [6.45, 7) is 0.816. The van der Waals surface area contributed by atoms with Gasteiger partial charge >= 0.3 is 0 Å². The van der Waals surface area contributed by atoms with Crippen molar-refractivity contribution in [3.63, 3.8) is 0 Å². The van der Waals surface area contributed by atoms with Crippen LogP contribution < -0.4 is 10.5 Å². The minimum Gasteiger partial charge on any atom is -0.330 e. The summed E-state index contributed by atoms with van der Waals surface area (Å²) < 4.78 is 3.30. The largest absolute Gasteiger partial charge is 0.330 e. The zero-order chi connectivity index (χ0) is 11.6. The van der Waals surface area contributed by atoms with Gasteiger partial charge in [-0.25, -0.2) is 0 Å². The quantitative estimate of drug-likeness (QED) is 0.548. The molecule has 0 unspecified atom stereocenters. The van der Waals surface area contributed by atoms with Gasteiger partial charge in [-0.05, 0) is 43.7 Å². The summed E-state index contributed by atoms with van der Waals surface area (Å²) in [5.41, 5.74) is 6.54. The van der Waals surface area contributed by atoms with Gasteiger partial charge in [0.1, 0.15) is 0 Å². The zero-order valence-corrected chi connectivity index (χ0v) is 11.0. The monoisotopic (exact) mass is 258 g/mol.